The van der Waals surface area contributed by atoms with Gasteiger partial charge in [-0.3, -0.25) is 4.79 Å². The summed E-state index contributed by atoms with van der Waals surface area (Å²) in [6.07, 6.45) is 3.09. The number of hydrogen-bond donors (Lipinski definition) is 2. The number of benzene rings is 1. The highest BCUT2D eigenvalue weighted by atomic mass is 79.9. The molecular weight excluding hydrogens is 268 g/mol. The lowest BCUT2D eigenvalue weighted by molar-refractivity contribution is -0.118. The summed E-state index contributed by atoms with van der Waals surface area (Å²) in [6.45, 7) is 0. The molecule has 1 atom stereocenters. The predicted molar refractivity (Wildman–Crippen MR) is 68.7 cm³/mol. The van der Waals surface area contributed by atoms with Gasteiger partial charge in [-0.2, -0.15) is 0 Å². The summed E-state index contributed by atoms with van der Waals surface area (Å²) in [5.74, 6) is -0.239. The van der Waals surface area contributed by atoms with Crippen LogP contribution in [0.4, 0.5) is 0 Å². The first-order valence-corrected chi connectivity index (χ1v) is 6.18. The van der Waals surface area contributed by atoms with Gasteiger partial charge in [-0.05, 0) is 30.5 Å². The molecule has 88 valence electrons. The monoisotopic (exact) mass is 284 g/mol. The minimum Gasteiger partial charge on any atom is -0.370 e. The summed E-state index contributed by atoms with van der Waals surface area (Å²) < 4.78 is 1.05. The van der Waals surface area contributed by atoms with Gasteiger partial charge in [0.05, 0.1) is 0 Å². The average Bonchev–Trinajstić information content (AvgIpc) is 2.25. The number of hydrogen-bond acceptors (Lipinski definition) is 2. The highest BCUT2D eigenvalue weighted by Gasteiger charge is 2.05. The molecule has 1 aromatic carbocycles. The van der Waals surface area contributed by atoms with E-state index in [1.165, 1.54) is 0 Å². The third kappa shape index (κ3) is 4.77. The Kier molecular flexibility index (Phi) is 5.49. The molecule has 0 aliphatic heterocycles. The van der Waals surface area contributed by atoms with Crippen molar-refractivity contribution in [2.75, 3.05) is 0 Å². The zero-order valence-electron chi connectivity index (χ0n) is 9.16. The first-order valence-electron chi connectivity index (χ1n) is 5.39. The molecule has 0 heterocycles. The van der Waals surface area contributed by atoms with Crippen molar-refractivity contribution in [1.29, 1.82) is 0 Å². The van der Waals surface area contributed by atoms with Crippen molar-refractivity contribution in [3.63, 3.8) is 0 Å². The van der Waals surface area contributed by atoms with Gasteiger partial charge < -0.3 is 11.5 Å². The Morgan fingerprint density at radius 1 is 1.25 bits per heavy atom. The van der Waals surface area contributed by atoms with Crippen LogP contribution in [0.25, 0.3) is 0 Å². The van der Waals surface area contributed by atoms with Crippen LogP contribution in [0.3, 0.4) is 0 Å². The van der Waals surface area contributed by atoms with Crippen molar-refractivity contribution in [2.24, 2.45) is 11.5 Å². The Labute approximate surface area is 104 Å². The Hall–Kier alpha value is -0.870. The van der Waals surface area contributed by atoms with Crippen LogP contribution in [0.15, 0.2) is 28.7 Å². The summed E-state index contributed by atoms with van der Waals surface area (Å²) in [5.41, 5.74) is 12.2. The maximum atomic E-state index is 10.5. The van der Waals surface area contributed by atoms with Crippen molar-refractivity contribution < 1.29 is 4.79 Å². The standard InChI is InChI=1S/C12H17BrN2O/c13-10-7-5-9(6-8-10)11(14)3-1-2-4-12(15)16/h5-8,11H,1-4,14H2,(H2,15,16). The van der Waals surface area contributed by atoms with E-state index in [4.69, 9.17) is 11.5 Å². The molecular formula is C12H17BrN2O. The second kappa shape index (κ2) is 6.66. The fraction of sp³-hybridized carbons (Fsp3) is 0.417. The lowest BCUT2D eigenvalue weighted by atomic mass is 10.0. The van der Waals surface area contributed by atoms with E-state index in [0.717, 1.165) is 29.3 Å². The van der Waals surface area contributed by atoms with Crippen molar-refractivity contribution in [1.82, 2.24) is 0 Å². The molecule has 1 unspecified atom stereocenters. The molecule has 0 aromatic heterocycles. The second-order valence-electron chi connectivity index (χ2n) is 3.87. The molecule has 1 aromatic rings. The number of carbonyl (C=O) groups excluding carboxylic acids is 1. The maximum Gasteiger partial charge on any atom is 0.217 e. The first-order chi connectivity index (χ1) is 7.59. The Balaban J connectivity index is 2.32. The van der Waals surface area contributed by atoms with E-state index in [-0.39, 0.29) is 11.9 Å². The number of nitrogens with two attached hydrogens (primary N) is 2. The van der Waals surface area contributed by atoms with Gasteiger partial charge in [0, 0.05) is 16.9 Å². The Morgan fingerprint density at radius 3 is 2.44 bits per heavy atom. The van der Waals surface area contributed by atoms with Gasteiger partial charge in [0.2, 0.25) is 5.91 Å². The fourth-order valence-corrected chi connectivity index (χ4v) is 1.80. The van der Waals surface area contributed by atoms with Gasteiger partial charge in [0.25, 0.3) is 0 Å². The third-order valence-corrected chi connectivity index (χ3v) is 3.02. The third-order valence-electron chi connectivity index (χ3n) is 2.49. The van der Waals surface area contributed by atoms with E-state index in [1.54, 1.807) is 0 Å². The van der Waals surface area contributed by atoms with Crippen LogP contribution in [0, 0.1) is 0 Å². The molecule has 4 heteroatoms. The van der Waals surface area contributed by atoms with Gasteiger partial charge in [-0.1, -0.05) is 34.5 Å². The quantitative estimate of drug-likeness (QED) is 0.788. The molecule has 16 heavy (non-hydrogen) atoms. The summed E-state index contributed by atoms with van der Waals surface area (Å²) in [7, 11) is 0. The summed E-state index contributed by atoms with van der Waals surface area (Å²) in [5, 5.41) is 0. The van der Waals surface area contributed by atoms with Crippen LogP contribution in [0.1, 0.15) is 37.3 Å². The Morgan fingerprint density at radius 2 is 1.88 bits per heavy atom. The van der Waals surface area contributed by atoms with Gasteiger partial charge in [-0.15, -0.1) is 0 Å². The largest absolute Gasteiger partial charge is 0.370 e. The molecule has 0 aliphatic rings. The van der Waals surface area contributed by atoms with E-state index >= 15 is 0 Å². The Bertz CT molecular complexity index is 337. The van der Waals surface area contributed by atoms with Crippen LogP contribution in [0.5, 0.6) is 0 Å². The second-order valence-corrected chi connectivity index (χ2v) is 4.79. The molecule has 0 saturated carbocycles. The SMILES string of the molecule is NC(=O)CCCCC(N)c1ccc(Br)cc1. The van der Waals surface area contributed by atoms with Crippen molar-refractivity contribution in [3.05, 3.63) is 34.3 Å². The van der Waals surface area contributed by atoms with Crippen molar-refractivity contribution in [3.8, 4) is 0 Å². The number of amides is 1. The first kappa shape index (κ1) is 13.2. The smallest absolute Gasteiger partial charge is 0.217 e. The number of rotatable bonds is 6. The molecule has 0 radical (unpaired) electrons. The van der Waals surface area contributed by atoms with E-state index in [9.17, 15) is 4.79 Å². The topological polar surface area (TPSA) is 69.1 Å². The zero-order chi connectivity index (χ0) is 12.0. The summed E-state index contributed by atoms with van der Waals surface area (Å²) in [4.78, 5) is 10.5. The normalized spacial score (nSPS) is 12.4. The average molecular weight is 285 g/mol. The maximum absolute atomic E-state index is 10.5. The van der Waals surface area contributed by atoms with Gasteiger partial charge in [0.1, 0.15) is 0 Å². The zero-order valence-corrected chi connectivity index (χ0v) is 10.7. The number of unbranched alkanes of at least 4 members (excludes halogenated alkanes) is 1. The molecule has 0 bridgehead atoms. The molecule has 4 N–H and O–H groups in total. The molecule has 0 saturated heterocycles. The van der Waals surface area contributed by atoms with Crippen LogP contribution < -0.4 is 11.5 Å². The van der Waals surface area contributed by atoms with Crippen LogP contribution >= 0.6 is 15.9 Å². The number of halogens is 1. The van der Waals surface area contributed by atoms with E-state index < -0.39 is 0 Å². The molecule has 0 fully saturated rings. The lowest BCUT2D eigenvalue weighted by Crippen LogP contribution is -2.12. The predicted octanol–water partition coefficient (Wildman–Crippen LogP) is 2.49. The van der Waals surface area contributed by atoms with Crippen LogP contribution in [0.2, 0.25) is 0 Å². The van der Waals surface area contributed by atoms with Crippen LogP contribution in [-0.2, 0) is 4.79 Å². The van der Waals surface area contributed by atoms with E-state index in [0.29, 0.717) is 6.42 Å². The molecule has 3 nitrogen and oxygen atoms in total. The minimum absolute atomic E-state index is 0.0426. The van der Waals surface area contributed by atoms with Crippen molar-refractivity contribution >= 4 is 21.8 Å². The number of carbonyl (C=O) groups is 1. The summed E-state index contributed by atoms with van der Waals surface area (Å²) in [6, 6.07) is 8.05. The molecule has 1 amide bonds. The van der Waals surface area contributed by atoms with Gasteiger partial charge >= 0.3 is 0 Å². The molecule has 0 spiro atoms. The van der Waals surface area contributed by atoms with E-state index in [1.807, 2.05) is 24.3 Å². The molecule has 1 rings (SSSR count). The molecule has 0 aliphatic carbocycles. The van der Waals surface area contributed by atoms with Crippen LogP contribution in [-0.4, -0.2) is 5.91 Å². The number of primary amides is 1. The van der Waals surface area contributed by atoms with Crippen molar-refractivity contribution in [2.45, 2.75) is 31.7 Å². The van der Waals surface area contributed by atoms with Gasteiger partial charge in [-0.25, -0.2) is 0 Å². The van der Waals surface area contributed by atoms with Gasteiger partial charge in [0.15, 0.2) is 0 Å². The fourth-order valence-electron chi connectivity index (χ4n) is 1.54. The van der Waals surface area contributed by atoms with E-state index in [2.05, 4.69) is 15.9 Å². The summed E-state index contributed by atoms with van der Waals surface area (Å²) >= 11 is 3.38. The lowest BCUT2D eigenvalue weighted by Gasteiger charge is -2.11. The minimum atomic E-state index is -0.239. The highest BCUT2D eigenvalue weighted by Crippen LogP contribution is 2.19. The highest BCUT2D eigenvalue weighted by molar-refractivity contribution is 9.10.